The normalized spacial score (nSPS) is 20.8. The fraction of sp³-hybridized carbons (Fsp3) is 1.00. The van der Waals surface area contributed by atoms with Crippen molar-refractivity contribution in [2.45, 2.75) is 57.7 Å². The lowest BCUT2D eigenvalue weighted by Crippen LogP contribution is -2.30. The zero-order chi connectivity index (χ0) is 11.1. The molecular formula is C13H26ClN. The van der Waals surface area contributed by atoms with Crippen molar-refractivity contribution < 1.29 is 0 Å². The summed E-state index contributed by atoms with van der Waals surface area (Å²) in [5, 5.41) is 3.84. The molecule has 0 spiro atoms. The molecule has 1 atom stereocenters. The van der Waals surface area contributed by atoms with Crippen LogP contribution < -0.4 is 5.32 Å². The maximum atomic E-state index is 6.23. The summed E-state index contributed by atoms with van der Waals surface area (Å²) in [6.07, 6.45) is 8.28. The molecule has 2 heteroatoms. The van der Waals surface area contributed by atoms with Gasteiger partial charge >= 0.3 is 0 Å². The van der Waals surface area contributed by atoms with E-state index in [9.17, 15) is 0 Å². The third kappa shape index (κ3) is 6.42. The molecule has 0 aliphatic heterocycles. The highest BCUT2D eigenvalue weighted by Gasteiger charge is 2.13. The quantitative estimate of drug-likeness (QED) is 0.686. The topological polar surface area (TPSA) is 12.0 Å². The molecule has 0 amide bonds. The van der Waals surface area contributed by atoms with Crippen LogP contribution in [-0.2, 0) is 0 Å². The molecular weight excluding hydrogens is 206 g/mol. The van der Waals surface area contributed by atoms with Gasteiger partial charge in [-0.25, -0.2) is 0 Å². The van der Waals surface area contributed by atoms with Gasteiger partial charge in [0.2, 0.25) is 0 Å². The maximum Gasteiger partial charge on any atom is 0.0463 e. The Kier molecular flexibility index (Phi) is 6.67. The van der Waals surface area contributed by atoms with E-state index in [1.165, 1.54) is 38.6 Å². The Morgan fingerprint density at radius 2 is 1.87 bits per heavy atom. The van der Waals surface area contributed by atoms with E-state index in [2.05, 4.69) is 19.2 Å². The Labute approximate surface area is 100.0 Å². The number of hydrogen-bond acceptors (Lipinski definition) is 1. The van der Waals surface area contributed by atoms with Crippen LogP contribution in [0.2, 0.25) is 0 Å². The predicted octanol–water partition coefficient (Wildman–Crippen LogP) is 3.81. The van der Waals surface area contributed by atoms with Crippen LogP contribution in [0.5, 0.6) is 0 Å². The standard InChI is InChI=1S/C13H26ClN/c1-11(2)8-13(14)10-15-9-12-6-4-3-5-7-12/h11-13,15H,3-10H2,1-2H3. The molecule has 15 heavy (non-hydrogen) atoms. The first-order valence-corrected chi connectivity index (χ1v) is 6.97. The van der Waals surface area contributed by atoms with E-state index < -0.39 is 0 Å². The van der Waals surface area contributed by atoms with Crippen molar-refractivity contribution in [1.29, 1.82) is 0 Å². The van der Waals surface area contributed by atoms with Gasteiger partial charge in [-0.2, -0.15) is 0 Å². The molecule has 1 aliphatic rings. The first kappa shape index (κ1) is 13.3. The van der Waals surface area contributed by atoms with Crippen molar-refractivity contribution in [3.8, 4) is 0 Å². The van der Waals surface area contributed by atoms with Gasteiger partial charge in [0.25, 0.3) is 0 Å². The molecule has 0 radical (unpaired) electrons. The summed E-state index contributed by atoms with van der Waals surface area (Å²) in [7, 11) is 0. The third-order valence-corrected chi connectivity index (χ3v) is 3.58. The lowest BCUT2D eigenvalue weighted by Gasteiger charge is -2.22. The Morgan fingerprint density at radius 1 is 1.20 bits per heavy atom. The highest BCUT2D eigenvalue weighted by molar-refractivity contribution is 6.20. The molecule has 0 heterocycles. The minimum absolute atomic E-state index is 0.314. The molecule has 0 aromatic rings. The van der Waals surface area contributed by atoms with Crippen molar-refractivity contribution in [3.05, 3.63) is 0 Å². The average Bonchev–Trinajstić information content (AvgIpc) is 2.18. The molecule has 1 N–H and O–H groups in total. The van der Waals surface area contributed by atoms with Crippen LogP contribution in [0.4, 0.5) is 0 Å². The first-order valence-electron chi connectivity index (χ1n) is 6.53. The number of nitrogens with one attached hydrogen (secondary N) is 1. The molecule has 0 saturated heterocycles. The third-order valence-electron chi connectivity index (χ3n) is 3.25. The fourth-order valence-corrected chi connectivity index (χ4v) is 2.90. The van der Waals surface area contributed by atoms with Crippen molar-refractivity contribution in [2.24, 2.45) is 11.8 Å². The van der Waals surface area contributed by atoms with Crippen LogP contribution in [0.15, 0.2) is 0 Å². The predicted molar refractivity (Wildman–Crippen MR) is 68.5 cm³/mol. The van der Waals surface area contributed by atoms with Gasteiger partial charge in [0.15, 0.2) is 0 Å². The Morgan fingerprint density at radius 3 is 2.47 bits per heavy atom. The van der Waals surface area contributed by atoms with Crippen LogP contribution >= 0.6 is 11.6 Å². The van der Waals surface area contributed by atoms with E-state index in [1.54, 1.807) is 0 Å². The van der Waals surface area contributed by atoms with Gasteiger partial charge in [0.05, 0.1) is 0 Å². The minimum atomic E-state index is 0.314. The zero-order valence-electron chi connectivity index (χ0n) is 10.3. The highest BCUT2D eigenvalue weighted by atomic mass is 35.5. The second-order valence-electron chi connectivity index (χ2n) is 5.39. The molecule has 1 aliphatic carbocycles. The SMILES string of the molecule is CC(C)CC(Cl)CNCC1CCCCC1. The van der Waals surface area contributed by atoms with Crippen LogP contribution in [0.3, 0.4) is 0 Å². The first-order chi connectivity index (χ1) is 7.18. The molecule has 1 nitrogen and oxygen atoms in total. The second kappa shape index (κ2) is 7.51. The van der Waals surface area contributed by atoms with Crippen molar-refractivity contribution in [2.75, 3.05) is 13.1 Å². The largest absolute Gasteiger partial charge is 0.315 e. The van der Waals surface area contributed by atoms with Crippen LogP contribution in [0.1, 0.15) is 52.4 Å². The summed E-state index contributed by atoms with van der Waals surface area (Å²) in [6.45, 7) is 6.63. The number of rotatable bonds is 6. The molecule has 90 valence electrons. The fourth-order valence-electron chi connectivity index (χ4n) is 2.43. The van der Waals surface area contributed by atoms with Gasteiger partial charge in [0.1, 0.15) is 0 Å². The Hall–Kier alpha value is 0.250. The van der Waals surface area contributed by atoms with E-state index in [4.69, 9.17) is 11.6 Å². The van der Waals surface area contributed by atoms with E-state index in [1.807, 2.05) is 0 Å². The van der Waals surface area contributed by atoms with Gasteiger partial charge in [-0.3, -0.25) is 0 Å². The van der Waals surface area contributed by atoms with Crippen LogP contribution in [-0.4, -0.2) is 18.5 Å². The summed E-state index contributed by atoms with van der Waals surface area (Å²) >= 11 is 6.23. The summed E-state index contributed by atoms with van der Waals surface area (Å²) < 4.78 is 0. The van der Waals surface area contributed by atoms with Crippen molar-refractivity contribution in [3.63, 3.8) is 0 Å². The molecule has 1 rings (SSSR count). The number of halogens is 1. The van der Waals surface area contributed by atoms with Gasteiger partial charge in [-0.1, -0.05) is 33.1 Å². The highest BCUT2D eigenvalue weighted by Crippen LogP contribution is 2.22. The van der Waals surface area contributed by atoms with Gasteiger partial charge in [-0.05, 0) is 37.6 Å². The Balaban J connectivity index is 1.99. The number of hydrogen-bond donors (Lipinski definition) is 1. The van der Waals surface area contributed by atoms with E-state index in [-0.39, 0.29) is 0 Å². The summed E-state index contributed by atoms with van der Waals surface area (Å²) in [6, 6.07) is 0. The second-order valence-corrected chi connectivity index (χ2v) is 6.01. The average molecular weight is 232 g/mol. The Bertz CT molecular complexity index is 153. The lowest BCUT2D eigenvalue weighted by molar-refractivity contribution is 0.341. The number of alkyl halides is 1. The van der Waals surface area contributed by atoms with Gasteiger partial charge in [0, 0.05) is 11.9 Å². The minimum Gasteiger partial charge on any atom is -0.315 e. The van der Waals surface area contributed by atoms with E-state index in [0.717, 1.165) is 18.9 Å². The van der Waals surface area contributed by atoms with E-state index >= 15 is 0 Å². The molecule has 0 bridgehead atoms. The van der Waals surface area contributed by atoms with Crippen LogP contribution in [0.25, 0.3) is 0 Å². The molecule has 1 unspecified atom stereocenters. The zero-order valence-corrected chi connectivity index (χ0v) is 11.0. The molecule has 1 saturated carbocycles. The lowest BCUT2D eigenvalue weighted by atomic mass is 9.89. The van der Waals surface area contributed by atoms with Crippen molar-refractivity contribution in [1.82, 2.24) is 5.32 Å². The van der Waals surface area contributed by atoms with Crippen LogP contribution in [0, 0.1) is 11.8 Å². The molecule has 0 aromatic carbocycles. The monoisotopic (exact) mass is 231 g/mol. The summed E-state index contributed by atoms with van der Waals surface area (Å²) in [5.41, 5.74) is 0. The van der Waals surface area contributed by atoms with E-state index in [0.29, 0.717) is 11.3 Å². The molecule has 0 aromatic heterocycles. The van der Waals surface area contributed by atoms with Crippen molar-refractivity contribution >= 4 is 11.6 Å². The smallest absolute Gasteiger partial charge is 0.0463 e. The summed E-state index contributed by atoms with van der Waals surface area (Å²) in [5.74, 6) is 1.63. The maximum absolute atomic E-state index is 6.23. The molecule has 1 fully saturated rings. The summed E-state index contributed by atoms with van der Waals surface area (Å²) in [4.78, 5) is 0. The van der Waals surface area contributed by atoms with Gasteiger partial charge in [-0.15, -0.1) is 11.6 Å². The van der Waals surface area contributed by atoms with Gasteiger partial charge < -0.3 is 5.32 Å².